The summed E-state index contributed by atoms with van der Waals surface area (Å²) in [5, 5.41) is 11.4. The van der Waals surface area contributed by atoms with Crippen molar-refractivity contribution in [3.05, 3.63) is 0 Å². The minimum atomic E-state index is -1.08. The van der Waals surface area contributed by atoms with Gasteiger partial charge < -0.3 is 20.7 Å². The van der Waals surface area contributed by atoms with Gasteiger partial charge in [-0.05, 0) is 32.6 Å². The molecule has 4 nitrogen and oxygen atoms in total. The molecule has 0 fully saturated rings. The second-order valence-corrected chi connectivity index (χ2v) is 3.77. The number of carboxylic acid groups (broad SMARTS) is 1. The maximum Gasteiger partial charge on any atom is 0.0755 e. The smallest absolute Gasteiger partial charge is 0.0755 e. The van der Waals surface area contributed by atoms with Gasteiger partial charge in [0.15, 0.2) is 0 Å². The second-order valence-electron chi connectivity index (χ2n) is 3.77. The Morgan fingerprint density at radius 1 is 1.00 bits per heavy atom. The van der Waals surface area contributed by atoms with E-state index < -0.39 is 5.97 Å². The third-order valence-electron chi connectivity index (χ3n) is 2.02. The van der Waals surface area contributed by atoms with Gasteiger partial charge in [0, 0.05) is 5.97 Å². The first-order chi connectivity index (χ1) is 7.15. The summed E-state index contributed by atoms with van der Waals surface area (Å²) in [6, 6.07) is 0. The molecule has 0 unspecified atom stereocenters. The number of carbonyl (C=O) groups excluding carboxylic acids is 1. The maximum absolute atomic E-state index is 8.89. The molecule has 0 atom stereocenters. The minimum absolute atomic E-state index is 0. The van der Waals surface area contributed by atoms with Crippen LogP contribution in [0.15, 0.2) is 0 Å². The lowest BCUT2D eigenvalue weighted by Crippen LogP contribution is -2.84. The lowest BCUT2D eigenvalue weighted by molar-refractivity contribution is -0.655. The number of hydrogen-bond acceptors (Lipinski definition) is 2. The predicted octanol–water partition coefficient (Wildman–Crippen LogP) is -0.138. The molecule has 0 rings (SSSR count). The molecule has 0 saturated carbocycles. The molecule has 16 heavy (non-hydrogen) atoms. The van der Waals surface area contributed by atoms with Crippen LogP contribution in [0.3, 0.4) is 0 Å². The molecule has 4 heteroatoms. The lowest BCUT2D eigenvalue weighted by Gasteiger charge is -1.99. The molecule has 0 aromatic heterocycles. The molecule has 0 amide bonds. The summed E-state index contributed by atoms with van der Waals surface area (Å²) in [5.41, 5.74) is 0. The maximum atomic E-state index is 8.89. The molecule has 0 aliphatic heterocycles. The van der Waals surface area contributed by atoms with Gasteiger partial charge >= 0.3 is 0 Å². The van der Waals surface area contributed by atoms with E-state index in [-0.39, 0.29) is 5.48 Å². The van der Waals surface area contributed by atoms with Gasteiger partial charge in [0.25, 0.3) is 0 Å². The highest BCUT2D eigenvalue weighted by atomic mass is 16.4. The SMILES string of the molecule is CC(=O)[O-].CCCCC[NH2+]CCCCC.O. The van der Waals surface area contributed by atoms with E-state index in [1.54, 1.807) is 0 Å². The summed E-state index contributed by atoms with van der Waals surface area (Å²) in [4.78, 5) is 8.89. The zero-order valence-corrected chi connectivity index (χ0v) is 11.1. The Kier molecular flexibility index (Phi) is 25.8. The van der Waals surface area contributed by atoms with Crippen LogP contribution in [0.25, 0.3) is 0 Å². The molecule has 0 heterocycles. The Labute approximate surface area is 99.7 Å². The number of nitrogens with two attached hydrogens (primary N) is 1. The van der Waals surface area contributed by atoms with Crippen LogP contribution in [-0.2, 0) is 4.79 Å². The lowest BCUT2D eigenvalue weighted by atomic mass is 10.2. The van der Waals surface area contributed by atoms with Crippen molar-refractivity contribution in [1.82, 2.24) is 0 Å². The topological polar surface area (TPSA) is 88.2 Å². The van der Waals surface area contributed by atoms with E-state index in [2.05, 4.69) is 19.2 Å². The van der Waals surface area contributed by atoms with Crippen LogP contribution in [0.1, 0.15) is 59.3 Å². The van der Waals surface area contributed by atoms with Crippen LogP contribution in [0.5, 0.6) is 0 Å². The normalized spacial score (nSPS) is 8.69. The summed E-state index contributed by atoms with van der Waals surface area (Å²) in [5.74, 6) is -1.08. The van der Waals surface area contributed by atoms with Crippen molar-refractivity contribution in [2.24, 2.45) is 0 Å². The molecule has 0 radical (unpaired) electrons. The highest BCUT2D eigenvalue weighted by Gasteiger charge is 1.90. The minimum Gasteiger partial charge on any atom is -0.550 e. The first kappa shape index (κ1) is 20.8. The van der Waals surface area contributed by atoms with Crippen molar-refractivity contribution in [3.63, 3.8) is 0 Å². The monoisotopic (exact) mass is 235 g/mol. The van der Waals surface area contributed by atoms with Gasteiger partial charge in [-0.3, -0.25) is 0 Å². The van der Waals surface area contributed by atoms with Gasteiger partial charge in [0.1, 0.15) is 0 Å². The number of carbonyl (C=O) groups is 1. The van der Waals surface area contributed by atoms with Crippen LogP contribution < -0.4 is 10.4 Å². The summed E-state index contributed by atoms with van der Waals surface area (Å²) < 4.78 is 0. The van der Waals surface area contributed by atoms with Crippen molar-refractivity contribution in [1.29, 1.82) is 0 Å². The average Bonchev–Trinajstić information content (AvgIpc) is 2.16. The number of rotatable bonds is 8. The van der Waals surface area contributed by atoms with Gasteiger partial charge in [-0.15, -0.1) is 0 Å². The summed E-state index contributed by atoms with van der Waals surface area (Å²) in [6.45, 7) is 8.18. The Balaban J connectivity index is -0.000000292. The Hall–Kier alpha value is -0.610. The summed E-state index contributed by atoms with van der Waals surface area (Å²) in [6.07, 6.45) is 8.32. The van der Waals surface area contributed by atoms with Gasteiger partial charge in [-0.25, -0.2) is 0 Å². The zero-order chi connectivity index (χ0) is 11.9. The predicted molar refractivity (Wildman–Crippen MR) is 65.0 cm³/mol. The van der Waals surface area contributed by atoms with Crippen LogP contribution in [0.2, 0.25) is 0 Å². The van der Waals surface area contributed by atoms with Crippen LogP contribution in [0, 0.1) is 0 Å². The van der Waals surface area contributed by atoms with Crippen LogP contribution in [-0.4, -0.2) is 24.5 Å². The average molecular weight is 235 g/mol. The third kappa shape index (κ3) is 37.6. The fraction of sp³-hybridized carbons (Fsp3) is 0.917. The molecule has 0 aliphatic carbocycles. The number of unbranched alkanes of at least 4 members (excludes halogenated alkanes) is 4. The standard InChI is InChI=1S/C10H23N.C2H4O2.H2O/c1-3-5-7-9-11-10-8-6-4-2;1-2(3)4;/h11H,3-10H2,1-2H3;1H3,(H,3,4);1H2. The van der Waals surface area contributed by atoms with Crippen LogP contribution in [0.4, 0.5) is 0 Å². The second kappa shape index (κ2) is 19.9. The molecular formula is C12H29NO3. The van der Waals surface area contributed by atoms with E-state index in [1.807, 2.05) is 0 Å². The van der Waals surface area contributed by atoms with Gasteiger partial charge in [-0.1, -0.05) is 26.7 Å². The molecule has 0 bridgehead atoms. The highest BCUT2D eigenvalue weighted by molar-refractivity contribution is 5.60. The van der Waals surface area contributed by atoms with Crippen molar-refractivity contribution < 1.29 is 20.7 Å². The van der Waals surface area contributed by atoms with Crippen molar-refractivity contribution in [2.75, 3.05) is 13.1 Å². The van der Waals surface area contributed by atoms with E-state index in [9.17, 15) is 0 Å². The van der Waals surface area contributed by atoms with Gasteiger partial charge in [0.2, 0.25) is 0 Å². The molecule has 0 aromatic rings. The number of aliphatic carboxylic acids is 1. The fourth-order valence-electron chi connectivity index (χ4n) is 1.22. The first-order valence-corrected chi connectivity index (χ1v) is 6.14. The van der Waals surface area contributed by atoms with E-state index in [0.29, 0.717) is 0 Å². The Morgan fingerprint density at radius 3 is 1.56 bits per heavy atom. The molecule has 0 saturated heterocycles. The molecule has 0 spiro atoms. The molecule has 4 N–H and O–H groups in total. The quantitative estimate of drug-likeness (QED) is 0.594. The third-order valence-corrected chi connectivity index (χ3v) is 2.02. The largest absolute Gasteiger partial charge is 0.550 e. The van der Waals surface area contributed by atoms with Crippen LogP contribution >= 0.6 is 0 Å². The Bertz CT molecular complexity index is 117. The summed E-state index contributed by atoms with van der Waals surface area (Å²) in [7, 11) is 0. The van der Waals surface area contributed by atoms with Gasteiger partial charge in [0.05, 0.1) is 13.1 Å². The number of hydrogen-bond donors (Lipinski definition) is 1. The Morgan fingerprint density at radius 2 is 1.31 bits per heavy atom. The summed E-state index contributed by atoms with van der Waals surface area (Å²) >= 11 is 0. The van der Waals surface area contributed by atoms with E-state index >= 15 is 0 Å². The number of carboxylic acids is 1. The molecule has 100 valence electrons. The van der Waals surface area contributed by atoms with Gasteiger partial charge in [-0.2, -0.15) is 0 Å². The number of quaternary nitrogens is 1. The van der Waals surface area contributed by atoms with E-state index in [1.165, 1.54) is 51.6 Å². The molecule has 0 aromatic carbocycles. The zero-order valence-electron chi connectivity index (χ0n) is 11.1. The first-order valence-electron chi connectivity index (χ1n) is 6.14. The highest BCUT2D eigenvalue weighted by Crippen LogP contribution is 1.90. The van der Waals surface area contributed by atoms with Crippen molar-refractivity contribution in [2.45, 2.75) is 59.3 Å². The van der Waals surface area contributed by atoms with E-state index in [4.69, 9.17) is 9.90 Å². The molecule has 0 aliphatic rings. The molecular weight excluding hydrogens is 206 g/mol. The van der Waals surface area contributed by atoms with E-state index in [0.717, 1.165) is 6.92 Å². The fourth-order valence-corrected chi connectivity index (χ4v) is 1.22. The van der Waals surface area contributed by atoms with Crippen molar-refractivity contribution >= 4 is 5.97 Å². The van der Waals surface area contributed by atoms with Crippen molar-refractivity contribution in [3.8, 4) is 0 Å².